The zero-order chi connectivity index (χ0) is 18.0. The molecule has 1 aliphatic carbocycles. The van der Waals surface area contributed by atoms with Gasteiger partial charge in [-0.15, -0.1) is 0 Å². The second-order valence-electron chi connectivity index (χ2n) is 6.22. The van der Waals surface area contributed by atoms with Crippen molar-refractivity contribution >= 4 is 23.2 Å². The highest BCUT2D eigenvalue weighted by atomic mass is 35.5. The maximum atomic E-state index is 13.0. The fourth-order valence-electron chi connectivity index (χ4n) is 3.96. The number of carbonyl (C=O) groups excluding carboxylic acids is 1. The number of halogens is 4. The fourth-order valence-corrected chi connectivity index (χ4v) is 4.22. The normalized spacial score (nSPS) is 21.2. The van der Waals surface area contributed by atoms with Gasteiger partial charge in [0, 0.05) is 16.3 Å². The number of methoxy groups -OCH3 is 1. The van der Waals surface area contributed by atoms with Crippen molar-refractivity contribution < 1.29 is 22.7 Å². The first-order chi connectivity index (χ1) is 11.8. The minimum Gasteiger partial charge on any atom is -0.496 e. The van der Waals surface area contributed by atoms with Crippen LogP contribution in [0.25, 0.3) is 0 Å². The second-order valence-corrected chi connectivity index (χ2v) is 6.63. The average molecular weight is 368 g/mol. The Labute approximate surface area is 146 Å². The van der Waals surface area contributed by atoms with E-state index in [1.54, 1.807) is 12.1 Å². The molecule has 1 spiro atoms. The third-order valence-electron chi connectivity index (χ3n) is 5.06. The monoisotopic (exact) mass is 367 g/mol. The molecule has 1 atom stereocenters. The summed E-state index contributed by atoms with van der Waals surface area (Å²) in [7, 11) is 1.50. The van der Waals surface area contributed by atoms with Gasteiger partial charge in [0.1, 0.15) is 11.2 Å². The van der Waals surface area contributed by atoms with Crippen molar-refractivity contribution in [1.29, 1.82) is 0 Å². The Morgan fingerprint density at radius 2 is 2.00 bits per heavy atom. The molecule has 1 aliphatic heterocycles. The predicted molar refractivity (Wildman–Crippen MR) is 87.2 cm³/mol. The van der Waals surface area contributed by atoms with E-state index in [4.69, 9.17) is 16.3 Å². The van der Waals surface area contributed by atoms with Crippen molar-refractivity contribution in [2.45, 2.75) is 24.4 Å². The summed E-state index contributed by atoms with van der Waals surface area (Å²) in [4.78, 5) is 12.9. The van der Waals surface area contributed by atoms with Gasteiger partial charge < -0.3 is 10.1 Å². The first kappa shape index (κ1) is 16.3. The highest BCUT2D eigenvalue weighted by Crippen LogP contribution is 2.55. The van der Waals surface area contributed by atoms with Crippen LogP contribution in [0.4, 0.5) is 18.9 Å². The summed E-state index contributed by atoms with van der Waals surface area (Å²) in [5.41, 5.74) is 0.326. The van der Waals surface area contributed by atoms with Crippen molar-refractivity contribution in [2.75, 3.05) is 12.4 Å². The standard InChI is InChI=1S/C18H13ClF3NO2/c1-25-14-5-4-12(19)10-6-7-17(15(10)14)11-3-2-9(18(20,21)22)8-13(11)23-16(17)24/h2-5,8H,6-7H2,1H3,(H,23,24)/t17-/m1/s1. The van der Waals surface area contributed by atoms with Crippen LogP contribution in [-0.4, -0.2) is 13.0 Å². The number of rotatable bonds is 1. The molecule has 2 aliphatic rings. The Hall–Kier alpha value is -2.21. The van der Waals surface area contributed by atoms with Crippen LogP contribution in [0.5, 0.6) is 5.75 Å². The van der Waals surface area contributed by atoms with Crippen molar-refractivity contribution in [2.24, 2.45) is 0 Å². The summed E-state index contributed by atoms with van der Waals surface area (Å²) < 4.78 is 44.4. The highest BCUT2D eigenvalue weighted by Gasteiger charge is 2.54. The van der Waals surface area contributed by atoms with Crippen molar-refractivity contribution in [3.63, 3.8) is 0 Å². The Kier molecular flexibility index (Phi) is 3.35. The number of carbonyl (C=O) groups is 1. The average Bonchev–Trinajstić information content (AvgIpc) is 3.09. The summed E-state index contributed by atoms with van der Waals surface area (Å²) >= 11 is 6.28. The van der Waals surface area contributed by atoms with E-state index in [2.05, 4.69) is 5.32 Å². The van der Waals surface area contributed by atoms with E-state index in [9.17, 15) is 18.0 Å². The van der Waals surface area contributed by atoms with Gasteiger partial charge in [0.15, 0.2) is 0 Å². The molecule has 2 aromatic carbocycles. The number of hydrogen-bond donors (Lipinski definition) is 1. The fraction of sp³-hybridized carbons (Fsp3) is 0.278. The van der Waals surface area contributed by atoms with Gasteiger partial charge >= 0.3 is 6.18 Å². The van der Waals surface area contributed by atoms with Gasteiger partial charge in [-0.2, -0.15) is 13.2 Å². The largest absolute Gasteiger partial charge is 0.496 e. The number of fused-ring (bicyclic) bond motifs is 4. The molecule has 0 aromatic heterocycles. The van der Waals surface area contributed by atoms with Crippen LogP contribution < -0.4 is 10.1 Å². The van der Waals surface area contributed by atoms with Gasteiger partial charge in [0.2, 0.25) is 5.91 Å². The van der Waals surface area contributed by atoms with Gasteiger partial charge in [-0.25, -0.2) is 0 Å². The van der Waals surface area contributed by atoms with Crippen LogP contribution in [0, 0.1) is 0 Å². The lowest BCUT2D eigenvalue weighted by atomic mass is 9.76. The van der Waals surface area contributed by atoms with Gasteiger partial charge in [0.05, 0.1) is 12.7 Å². The van der Waals surface area contributed by atoms with E-state index in [-0.39, 0.29) is 11.6 Å². The third-order valence-corrected chi connectivity index (χ3v) is 5.41. The first-order valence-electron chi connectivity index (χ1n) is 7.68. The lowest BCUT2D eigenvalue weighted by molar-refractivity contribution is -0.137. The van der Waals surface area contributed by atoms with Gasteiger partial charge in [-0.1, -0.05) is 17.7 Å². The maximum Gasteiger partial charge on any atom is 0.416 e. The lowest BCUT2D eigenvalue weighted by Crippen LogP contribution is -2.33. The van der Waals surface area contributed by atoms with E-state index >= 15 is 0 Å². The second kappa shape index (κ2) is 5.14. The zero-order valence-electron chi connectivity index (χ0n) is 13.1. The minimum atomic E-state index is -4.47. The number of anilines is 1. The molecular formula is C18H13ClF3NO2. The quantitative estimate of drug-likeness (QED) is 0.803. The Morgan fingerprint density at radius 1 is 1.24 bits per heavy atom. The molecule has 1 amide bonds. The number of nitrogens with one attached hydrogen (secondary N) is 1. The minimum absolute atomic E-state index is 0.190. The molecule has 1 heterocycles. The number of amides is 1. The van der Waals surface area contributed by atoms with Crippen LogP contribution >= 0.6 is 11.6 Å². The summed E-state index contributed by atoms with van der Waals surface area (Å²) in [5, 5.41) is 3.15. The molecule has 0 saturated carbocycles. The molecule has 0 radical (unpaired) electrons. The molecule has 1 N–H and O–H groups in total. The van der Waals surface area contributed by atoms with Crippen LogP contribution in [0.15, 0.2) is 30.3 Å². The molecule has 0 unspecified atom stereocenters. The summed E-state index contributed by atoms with van der Waals surface area (Å²) in [6.45, 7) is 0. The predicted octanol–water partition coefficient (Wildman–Crippen LogP) is 4.55. The van der Waals surface area contributed by atoms with E-state index in [1.807, 2.05) is 0 Å². The Bertz CT molecular complexity index is 910. The Balaban J connectivity index is 1.97. The molecule has 130 valence electrons. The number of hydrogen-bond acceptors (Lipinski definition) is 2. The molecule has 3 nitrogen and oxygen atoms in total. The molecular weight excluding hydrogens is 355 g/mol. The zero-order valence-corrected chi connectivity index (χ0v) is 13.9. The van der Waals surface area contributed by atoms with E-state index in [0.29, 0.717) is 34.7 Å². The molecule has 0 bridgehead atoms. The highest BCUT2D eigenvalue weighted by molar-refractivity contribution is 6.31. The van der Waals surface area contributed by atoms with Gasteiger partial charge in [0.25, 0.3) is 0 Å². The van der Waals surface area contributed by atoms with Crippen LogP contribution in [0.3, 0.4) is 0 Å². The van der Waals surface area contributed by atoms with Crippen LogP contribution in [0.1, 0.15) is 28.7 Å². The SMILES string of the molecule is COc1ccc(Cl)c2c1[C@]1(CC2)C(=O)Nc2cc(C(F)(F)F)ccc21. The van der Waals surface area contributed by atoms with E-state index < -0.39 is 17.2 Å². The third kappa shape index (κ3) is 2.10. The molecule has 2 aromatic rings. The summed E-state index contributed by atoms with van der Waals surface area (Å²) in [6.07, 6.45) is -3.48. The summed E-state index contributed by atoms with van der Waals surface area (Å²) in [5.74, 6) is 0.168. The molecule has 25 heavy (non-hydrogen) atoms. The lowest BCUT2D eigenvalue weighted by Gasteiger charge is -2.25. The topological polar surface area (TPSA) is 38.3 Å². The van der Waals surface area contributed by atoms with Crippen LogP contribution in [0.2, 0.25) is 5.02 Å². The molecule has 7 heteroatoms. The first-order valence-corrected chi connectivity index (χ1v) is 8.06. The maximum absolute atomic E-state index is 13.0. The van der Waals surface area contributed by atoms with E-state index in [0.717, 1.165) is 17.7 Å². The van der Waals surface area contributed by atoms with Gasteiger partial charge in [-0.3, -0.25) is 4.79 Å². The van der Waals surface area contributed by atoms with Crippen molar-refractivity contribution in [3.8, 4) is 5.75 Å². The molecule has 4 rings (SSSR count). The number of alkyl halides is 3. The number of benzene rings is 2. The Morgan fingerprint density at radius 3 is 2.68 bits per heavy atom. The molecule has 0 saturated heterocycles. The van der Waals surface area contributed by atoms with Crippen molar-refractivity contribution in [1.82, 2.24) is 0 Å². The van der Waals surface area contributed by atoms with Crippen molar-refractivity contribution in [3.05, 3.63) is 57.6 Å². The van der Waals surface area contributed by atoms with Crippen LogP contribution in [-0.2, 0) is 22.8 Å². The van der Waals surface area contributed by atoms with Gasteiger partial charge in [-0.05, 0) is 48.2 Å². The number of ether oxygens (including phenoxy) is 1. The smallest absolute Gasteiger partial charge is 0.416 e. The molecule has 0 fully saturated rings. The summed E-state index contributed by atoms with van der Waals surface area (Å²) in [6, 6.07) is 6.76. The van der Waals surface area contributed by atoms with E-state index in [1.165, 1.54) is 13.2 Å².